The summed E-state index contributed by atoms with van der Waals surface area (Å²) in [5.41, 5.74) is 0.802. The molecule has 0 aliphatic rings. The van der Waals surface area contributed by atoms with Gasteiger partial charge in [-0.2, -0.15) is 0 Å². The van der Waals surface area contributed by atoms with E-state index in [1.807, 2.05) is 13.1 Å². The Hall–Kier alpha value is -1.27. The Labute approximate surface area is 104 Å². The van der Waals surface area contributed by atoms with Crippen LogP contribution in [0.4, 0.5) is 0 Å². The Morgan fingerprint density at radius 1 is 1.53 bits per heavy atom. The summed E-state index contributed by atoms with van der Waals surface area (Å²) < 4.78 is 5.91. The van der Waals surface area contributed by atoms with Crippen molar-refractivity contribution in [2.45, 2.75) is 39.3 Å². The molecule has 0 saturated carbocycles. The number of rotatable bonds is 5. The van der Waals surface area contributed by atoms with Crippen molar-refractivity contribution >= 4 is 11.5 Å². The number of aliphatic hydroxyl groups is 1. The predicted octanol–water partition coefficient (Wildman–Crippen LogP) is 1.73. The van der Waals surface area contributed by atoms with Crippen LogP contribution in [0, 0.1) is 6.92 Å². The minimum Gasteiger partial charge on any atom is -0.387 e. The van der Waals surface area contributed by atoms with E-state index in [0.717, 1.165) is 29.4 Å². The highest BCUT2D eigenvalue weighted by Gasteiger charge is 2.17. The number of imidazole rings is 1. The molecule has 5 nitrogen and oxygen atoms in total. The van der Waals surface area contributed by atoms with Gasteiger partial charge in [-0.1, -0.05) is 11.4 Å². The van der Waals surface area contributed by atoms with E-state index in [-0.39, 0.29) is 0 Å². The number of nitrogens with zero attached hydrogens (tertiary/aromatic N) is 4. The van der Waals surface area contributed by atoms with Gasteiger partial charge < -0.3 is 9.67 Å². The molecule has 1 N–H and O–H groups in total. The number of aliphatic hydroxyl groups excluding tert-OH is 1. The van der Waals surface area contributed by atoms with E-state index >= 15 is 0 Å². The molecule has 2 aromatic rings. The maximum Gasteiger partial charge on any atom is 0.111 e. The van der Waals surface area contributed by atoms with E-state index in [1.165, 1.54) is 11.5 Å². The van der Waals surface area contributed by atoms with Crippen LogP contribution in [-0.4, -0.2) is 24.2 Å². The molecule has 17 heavy (non-hydrogen) atoms. The summed E-state index contributed by atoms with van der Waals surface area (Å²) in [7, 11) is 0. The Bertz CT molecular complexity index is 479. The van der Waals surface area contributed by atoms with Gasteiger partial charge in [0.2, 0.25) is 0 Å². The van der Waals surface area contributed by atoms with Crippen molar-refractivity contribution in [1.29, 1.82) is 0 Å². The summed E-state index contributed by atoms with van der Waals surface area (Å²) in [5.74, 6) is 0.909. The highest BCUT2D eigenvalue weighted by atomic mass is 32.1. The molecular weight excluding hydrogens is 236 g/mol. The Kier molecular flexibility index (Phi) is 3.86. The number of hydrogen-bond acceptors (Lipinski definition) is 5. The van der Waals surface area contributed by atoms with Gasteiger partial charge in [0.1, 0.15) is 5.82 Å². The highest BCUT2D eigenvalue weighted by molar-refractivity contribution is 7.05. The third-order valence-corrected chi connectivity index (χ3v) is 3.56. The molecule has 1 unspecified atom stereocenters. The smallest absolute Gasteiger partial charge is 0.111 e. The third-order valence-electron chi connectivity index (χ3n) is 2.63. The van der Waals surface area contributed by atoms with Gasteiger partial charge in [0.15, 0.2) is 0 Å². The molecule has 0 aliphatic carbocycles. The van der Waals surface area contributed by atoms with Gasteiger partial charge in [0, 0.05) is 25.4 Å². The van der Waals surface area contributed by atoms with Crippen molar-refractivity contribution in [2.24, 2.45) is 0 Å². The molecule has 0 amide bonds. The first-order valence-corrected chi connectivity index (χ1v) is 6.46. The first-order chi connectivity index (χ1) is 8.22. The topological polar surface area (TPSA) is 63.8 Å². The van der Waals surface area contributed by atoms with E-state index in [9.17, 15) is 5.11 Å². The van der Waals surface area contributed by atoms with Gasteiger partial charge in [0.05, 0.1) is 16.7 Å². The molecule has 0 spiro atoms. The molecular formula is C11H16N4OS. The van der Waals surface area contributed by atoms with Gasteiger partial charge >= 0.3 is 0 Å². The lowest BCUT2D eigenvalue weighted by Gasteiger charge is -2.10. The summed E-state index contributed by atoms with van der Waals surface area (Å²) in [4.78, 5) is 5.11. The number of hydrogen-bond donors (Lipinski definition) is 1. The van der Waals surface area contributed by atoms with Crippen molar-refractivity contribution in [1.82, 2.24) is 19.1 Å². The Morgan fingerprint density at radius 3 is 3.00 bits per heavy atom. The summed E-state index contributed by atoms with van der Waals surface area (Å²) in [6.07, 6.45) is 4.73. The van der Waals surface area contributed by atoms with Crippen molar-refractivity contribution < 1.29 is 5.11 Å². The van der Waals surface area contributed by atoms with Crippen molar-refractivity contribution in [3.8, 4) is 0 Å². The first kappa shape index (κ1) is 12.2. The summed E-state index contributed by atoms with van der Waals surface area (Å²) >= 11 is 1.25. The lowest BCUT2D eigenvalue weighted by Crippen LogP contribution is -2.08. The molecule has 0 fully saturated rings. The fourth-order valence-electron chi connectivity index (χ4n) is 1.78. The molecule has 6 heteroatoms. The Morgan fingerprint density at radius 2 is 2.35 bits per heavy atom. The van der Waals surface area contributed by atoms with E-state index in [4.69, 9.17) is 0 Å². The average molecular weight is 252 g/mol. The van der Waals surface area contributed by atoms with E-state index < -0.39 is 6.10 Å². The fraction of sp³-hybridized carbons (Fsp3) is 0.545. The predicted molar refractivity (Wildman–Crippen MR) is 65.8 cm³/mol. The SMILES string of the molecule is CCCn1ccnc1CC(O)c1snnc1C. The van der Waals surface area contributed by atoms with Gasteiger partial charge in [-0.3, -0.25) is 0 Å². The summed E-state index contributed by atoms with van der Waals surface area (Å²) in [6, 6.07) is 0. The largest absolute Gasteiger partial charge is 0.387 e. The van der Waals surface area contributed by atoms with Crippen LogP contribution in [0.5, 0.6) is 0 Å². The number of aryl methyl sites for hydroxylation is 2. The molecule has 0 bridgehead atoms. The molecule has 0 aromatic carbocycles. The first-order valence-electron chi connectivity index (χ1n) is 5.69. The second kappa shape index (κ2) is 5.37. The fourth-order valence-corrected chi connectivity index (χ4v) is 2.41. The number of aromatic nitrogens is 4. The van der Waals surface area contributed by atoms with Crippen LogP contribution < -0.4 is 0 Å². The second-order valence-corrected chi connectivity index (χ2v) is 4.77. The normalized spacial score (nSPS) is 12.9. The van der Waals surface area contributed by atoms with Gasteiger partial charge in [0.25, 0.3) is 0 Å². The molecule has 0 radical (unpaired) electrons. The lowest BCUT2D eigenvalue weighted by molar-refractivity contribution is 0.177. The zero-order chi connectivity index (χ0) is 12.3. The zero-order valence-corrected chi connectivity index (χ0v) is 10.8. The second-order valence-electron chi connectivity index (χ2n) is 3.98. The highest BCUT2D eigenvalue weighted by Crippen LogP contribution is 2.22. The molecule has 2 rings (SSSR count). The van der Waals surface area contributed by atoms with E-state index in [2.05, 4.69) is 26.1 Å². The standard InChI is InChI=1S/C11H16N4OS/c1-3-5-15-6-4-12-10(15)7-9(16)11-8(2)13-14-17-11/h4,6,9,16H,3,5,7H2,1-2H3. The minimum atomic E-state index is -0.562. The van der Waals surface area contributed by atoms with Gasteiger partial charge in [-0.25, -0.2) is 4.98 Å². The quantitative estimate of drug-likeness (QED) is 0.880. The van der Waals surface area contributed by atoms with Crippen molar-refractivity contribution in [3.05, 3.63) is 28.8 Å². The summed E-state index contributed by atoms with van der Waals surface area (Å²) in [5, 5.41) is 14.0. The van der Waals surface area contributed by atoms with Crippen molar-refractivity contribution in [3.63, 3.8) is 0 Å². The van der Waals surface area contributed by atoms with Crippen LogP contribution in [0.1, 0.15) is 35.8 Å². The van der Waals surface area contributed by atoms with Crippen LogP contribution in [0.25, 0.3) is 0 Å². The zero-order valence-electron chi connectivity index (χ0n) is 10.00. The molecule has 92 valence electrons. The van der Waals surface area contributed by atoms with Crippen LogP contribution in [-0.2, 0) is 13.0 Å². The van der Waals surface area contributed by atoms with Crippen LogP contribution in [0.3, 0.4) is 0 Å². The van der Waals surface area contributed by atoms with Gasteiger partial charge in [-0.05, 0) is 24.9 Å². The lowest BCUT2D eigenvalue weighted by atomic mass is 10.2. The van der Waals surface area contributed by atoms with Crippen molar-refractivity contribution in [2.75, 3.05) is 0 Å². The molecule has 0 aliphatic heterocycles. The van der Waals surface area contributed by atoms with E-state index in [1.54, 1.807) is 6.20 Å². The average Bonchev–Trinajstić information content (AvgIpc) is 2.89. The van der Waals surface area contributed by atoms with Gasteiger partial charge in [-0.15, -0.1) is 5.10 Å². The molecule has 0 saturated heterocycles. The van der Waals surface area contributed by atoms with E-state index in [0.29, 0.717) is 6.42 Å². The molecule has 2 heterocycles. The van der Waals surface area contributed by atoms with Crippen LogP contribution in [0.15, 0.2) is 12.4 Å². The minimum absolute atomic E-state index is 0.512. The van der Waals surface area contributed by atoms with Crippen LogP contribution >= 0.6 is 11.5 Å². The Balaban J connectivity index is 2.10. The third kappa shape index (κ3) is 2.70. The molecule has 2 aromatic heterocycles. The maximum absolute atomic E-state index is 10.1. The summed E-state index contributed by atoms with van der Waals surface area (Å²) in [6.45, 7) is 4.92. The monoisotopic (exact) mass is 252 g/mol. The molecule has 1 atom stereocenters. The maximum atomic E-state index is 10.1. The van der Waals surface area contributed by atoms with Crippen LogP contribution in [0.2, 0.25) is 0 Å².